The van der Waals surface area contributed by atoms with E-state index in [9.17, 15) is 9.59 Å². The number of thioether (sulfide) groups is 1. The number of carbonyl (C=O) groups is 2. The maximum Gasteiger partial charge on any atom is 0.445 e. The molecule has 0 bridgehead atoms. The van der Waals surface area contributed by atoms with E-state index >= 15 is 0 Å². The van der Waals surface area contributed by atoms with Crippen LogP contribution >= 0.6 is 11.8 Å². The van der Waals surface area contributed by atoms with Gasteiger partial charge in [-0.3, -0.25) is 4.79 Å². The van der Waals surface area contributed by atoms with Crippen LogP contribution in [0.15, 0.2) is 9.98 Å². The summed E-state index contributed by atoms with van der Waals surface area (Å²) in [5, 5.41) is 0.802. The van der Waals surface area contributed by atoms with Crippen molar-refractivity contribution in [1.82, 2.24) is 4.90 Å². The lowest BCUT2D eigenvalue weighted by atomic mass is 10.0. The first-order chi connectivity index (χ1) is 10.5. The van der Waals surface area contributed by atoms with Crippen LogP contribution in [0.3, 0.4) is 0 Å². The first-order valence-corrected chi connectivity index (χ1v) is 8.75. The average molecular weight is 321 g/mol. The number of amides is 3. The van der Waals surface area contributed by atoms with Gasteiger partial charge >= 0.3 is 11.9 Å². The van der Waals surface area contributed by atoms with Crippen molar-refractivity contribution in [3.05, 3.63) is 0 Å². The van der Waals surface area contributed by atoms with Crippen LogP contribution in [0.25, 0.3) is 0 Å². The second kappa shape index (κ2) is 5.95. The van der Waals surface area contributed by atoms with Gasteiger partial charge in [0.05, 0.1) is 14.1 Å². The topological polar surface area (TPSA) is 65.1 Å². The molecule has 1 fully saturated rings. The van der Waals surface area contributed by atoms with Crippen molar-refractivity contribution < 1.29 is 14.2 Å². The Balaban J connectivity index is 1.99. The molecule has 3 aliphatic rings. The normalized spacial score (nSPS) is 25.2. The highest BCUT2D eigenvalue weighted by Gasteiger charge is 2.50. The first kappa shape index (κ1) is 15.4. The first-order valence-electron chi connectivity index (χ1n) is 7.76. The Morgan fingerprint density at radius 3 is 2.68 bits per heavy atom. The van der Waals surface area contributed by atoms with Gasteiger partial charge < -0.3 is 0 Å². The summed E-state index contributed by atoms with van der Waals surface area (Å²) in [7, 11) is 3.20. The summed E-state index contributed by atoms with van der Waals surface area (Å²) >= 11 is 1.63. The van der Waals surface area contributed by atoms with E-state index < -0.39 is 5.92 Å². The van der Waals surface area contributed by atoms with E-state index in [0.717, 1.165) is 42.3 Å². The van der Waals surface area contributed by atoms with Crippen LogP contribution in [0.2, 0.25) is 0 Å². The second-order valence-corrected chi connectivity index (χ2v) is 7.04. The fraction of sp³-hybridized carbons (Fsp3) is 0.667. The maximum atomic E-state index is 12.5. The standard InChI is InChI=1S/C15H21N4O2S/c1-4-5-8-22-13-10-12(16-11(17-13)9-6-7-9)18(2)15(21)19(3)14(10)20/h9-10H,4-8H2,1-3H3/q+1. The molecule has 22 heavy (non-hydrogen) atoms. The number of amidine groups is 2. The molecule has 7 heteroatoms. The fourth-order valence-electron chi connectivity index (χ4n) is 2.55. The highest BCUT2D eigenvalue weighted by Crippen LogP contribution is 2.35. The van der Waals surface area contributed by atoms with Gasteiger partial charge in [0, 0.05) is 5.92 Å². The van der Waals surface area contributed by atoms with Crippen molar-refractivity contribution in [2.45, 2.75) is 32.6 Å². The van der Waals surface area contributed by atoms with Gasteiger partial charge in [0.1, 0.15) is 5.04 Å². The Hall–Kier alpha value is -1.50. The van der Waals surface area contributed by atoms with Gasteiger partial charge in [-0.2, -0.15) is 9.48 Å². The van der Waals surface area contributed by atoms with Crippen LogP contribution in [0.1, 0.15) is 32.6 Å². The van der Waals surface area contributed by atoms with Gasteiger partial charge in [0.15, 0.2) is 5.92 Å². The zero-order valence-corrected chi connectivity index (χ0v) is 14.0. The third-order valence-corrected chi connectivity index (χ3v) is 5.26. The number of unbranched alkanes of at least 4 members (excludes halogenated alkanes) is 1. The summed E-state index contributed by atoms with van der Waals surface area (Å²) in [4.78, 5) is 35.1. The summed E-state index contributed by atoms with van der Waals surface area (Å²) in [6, 6.07) is -0.324. The maximum absolute atomic E-state index is 12.5. The molecule has 0 aromatic heterocycles. The summed E-state index contributed by atoms with van der Waals surface area (Å²) in [5.41, 5.74) is 0. The third kappa shape index (κ3) is 2.62. The Bertz CT molecular complexity index is 619. The minimum atomic E-state index is -0.517. The predicted molar refractivity (Wildman–Crippen MR) is 87.8 cm³/mol. The molecule has 2 heterocycles. The summed E-state index contributed by atoms with van der Waals surface area (Å²) in [5.74, 6) is 1.93. The highest BCUT2D eigenvalue weighted by atomic mass is 32.2. The largest absolute Gasteiger partial charge is 0.445 e. The van der Waals surface area contributed by atoms with Gasteiger partial charge in [-0.1, -0.05) is 18.3 Å². The van der Waals surface area contributed by atoms with E-state index in [1.54, 1.807) is 18.8 Å². The Kier molecular flexibility index (Phi) is 4.16. The number of imide groups is 1. The lowest BCUT2D eigenvalue weighted by molar-refractivity contribution is -0.407. The molecule has 1 aliphatic carbocycles. The Morgan fingerprint density at radius 1 is 1.32 bits per heavy atom. The van der Waals surface area contributed by atoms with Crippen LogP contribution in [0, 0.1) is 11.8 Å². The van der Waals surface area contributed by atoms with Gasteiger partial charge in [-0.15, -0.1) is 11.8 Å². The molecule has 3 amide bonds. The van der Waals surface area contributed by atoms with Crippen LogP contribution in [-0.2, 0) is 4.79 Å². The molecule has 0 spiro atoms. The summed E-state index contributed by atoms with van der Waals surface area (Å²) < 4.78 is 1.49. The van der Waals surface area contributed by atoms with E-state index in [0.29, 0.717) is 11.8 Å². The zero-order valence-electron chi connectivity index (χ0n) is 13.2. The van der Waals surface area contributed by atoms with Gasteiger partial charge in [-0.25, -0.2) is 9.79 Å². The number of fused-ring (bicyclic) bond motifs is 1. The summed E-state index contributed by atoms with van der Waals surface area (Å²) in [6.07, 6.45) is 4.38. The monoisotopic (exact) mass is 321 g/mol. The zero-order chi connectivity index (χ0) is 15.9. The molecule has 2 aliphatic heterocycles. The summed E-state index contributed by atoms with van der Waals surface area (Å²) in [6.45, 7) is 2.14. The molecule has 0 radical (unpaired) electrons. The number of aliphatic imine (C=N–C) groups is 2. The molecule has 1 atom stereocenters. The fourth-order valence-corrected chi connectivity index (χ4v) is 3.72. The Labute approximate surface area is 134 Å². The third-order valence-electron chi connectivity index (χ3n) is 4.14. The van der Waals surface area contributed by atoms with E-state index in [1.165, 1.54) is 16.5 Å². The van der Waals surface area contributed by atoms with Crippen molar-refractivity contribution in [3.8, 4) is 0 Å². The SMILES string of the molecule is CCCCSC1=NC(C2CC2)=NC2=[N+](C)C(=O)N(C)C(=O)C12. The van der Waals surface area contributed by atoms with E-state index in [1.807, 2.05) is 0 Å². The predicted octanol–water partition coefficient (Wildman–Crippen LogP) is 1.99. The molecule has 0 aromatic carbocycles. The van der Waals surface area contributed by atoms with Crippen molar-refractivity contribution in [1.29, 1.82) is 0 Å². The number of nitrogens with zero attached hydrogens (tertiary/aromatic N) is 4. The molecule has 3 rings (SSSR count). The molecule has 1 unspecified atom stereocenters. The van der Waals surface area contributed by atoms with E-state index in [4.69, 9.17) is 0 Å². The van der Waals surface area contributed by atoms with Crippen LogP contribution in [-0.4, -0.2) is 58.0 Å². The van der Waals surface area contributed by atoms with Crippen LogP contribution in [0.5, 0.6) is 0 Å². The average Bonchev–Trinajstić information content (AvgIpc) is 3.35. The number of rotatable bonds is 4. The van der Waals surface area contributed by atoms with Crippen LogP contribution in [0.4, 0.5) is 4.79 Å². The molecule has 118 valence electrons. The van der Waals surface area contributed by atoms with Crippen molar-refractivity contribution in [3.63, 3.8) is 0 Å². The molecule has 1 saturated carbocycles. The minimum Gasteiger partial charge on any atom is -0.255 e. The lowest BCUT2D eigenvalue weighted by Gasteiger charge is -2.26. The van der Waals surface area contributed by atoms with Crippen LogP contribution < -0.4 is 0 Å². The number of hydrogen-bond acceptors (Lipinski definition) is 5. The molecule has 0 aromatic rings. The van der Waals surface area contributed by atoms with Crippen molar-refractivity contribution in [2.75, 3.05) is 19.8 Å². The second-order valence-electron chi connectivity index (χ2n) is 5.93. The van der Waals surface area contributed by atoms with Crippen molar-refractivity contribution in [2.24, 2.45) is 21.8 Å². The van der Waals surface area contributed by atoms with E-state index in [-0.39, 0.29) is 11.9 Å². The molecule has 6 nitrogen and oxygen atoms in total. The number of urea groups is 1. The molecular weight excluding hydrogens is 300 g/mol. The van der Waals surface area contributed by atoms with Gasteiger partial charge in [-0.05, 0) is 25.0 Å². The van der Waals surface area contributed by atoms with Crippen molar-refractivity contribution >= 4 is 40.4 Å². The molecule has 0 N–H and O–H groups in total. The molecule has 0 saturated heterocycles. The molecular formula is C15H21N4O2S+. The van der Waals surface area contributed by atoms with E-state index in [2.05, 4.69) is 16.9 Å². The number of carbonyl (C=O) groups excluding carboxylic acids is 2. The van der Waals surface area contributed by atoms with Gasteiger partial charge in [0.25, 0.3) is 5.84 Å². The Morgan fingerprint density at radius 2 is 2.05 bits per heavy atom. The highest BCUT2D eigenvalue weighted by molar-refractivity contribution is 8.14. The number of hydrogen-bond donors (Lipinski definition) is 0. The lowest BCUT2D eigenvalue weighted by Crippen LogP contribution is -2.54. The quantitative estimate of drug-likeness (QED) is 0.587. The minimum absolute atomic E-state index is 0.223. The smallest absolute Gasteiger partial charge is 0.255 e. The van der Waals surface area contributed by atoms with Gasteiger partial charge in [0.2, 0.25) is 5.84 Å².